The van der Waals surface area contributed by atoms with Crippen LogP contribution in [-0.2, 0) is 6.61 Å². The smallest absolute Gasteiger partial charge is 0.255 e. The standard InChI is InChI=1S/C26H27F3N4O2/c1-13-9-19-23(25(34)30-20-11-15-5-4-6-21-26(15,20)32(21)3)14(2)31-33(19)22(10-13)35-12-16-17(27)7-8-18(28)24(16)29/h7-10,15,20-21H,4-6,11-12H2,1-3H3,(H,30,34). The topological polar surface area (TPSA) is 58.6 Å². The third-order valence-corrected chi connectivity index (χ3v) is 8.36. The van der Waals surface area contributed by atoms with Gasteiger partial charge in [-0.25, -0.2) is 13.2 Å². The number of carbonyl (C=O) groups is 1. The summed E-state index contributed by atoms with van der Waals surface area (Å²) in [4.78, 5) is 15.9. The van der Waals surface area contributed by atoms with Gasteiger partial charge in [-0.15, -0.1) is 0 Å². The van der Waals surface area contributed by atoms with Crippen LogP contribution < -0.4 is 10.1 Å². The molecule has 1 aromatic carbocycles. The molecule has 1 aliphatic heterocycles. The monoisotopic (exact) mass is 484 g/mol. The minimum atomic E-state index is -1.28. The third-order valence-electron chi connectivity index (χ3n) is 8.36. The number of ether oxygens (including phenoxy) is 1. The molecule has 1 spiro atoms. The zero-order valence-corrected chi connectivity index (χ0v) is 19.9. The van der Waals surface area contributed by atoms with Gasteiger partial charge in [-0.05, 0) is 69.8 Å². The summed E-state index contributed by atoms with van der Waals surface area (Å²) in [6, 6.07) is 5.76. The maximum absolute atomic E-state index is 14.1. The third kappa shape index (κ3) is 3.13. The number of carbonyl (C=O) groups excluding carboxylic acids is 1. The molecule has 9 heteroatoms. The normalized spacial score (nSPS) is 28.7. The van der Waals surface area contributed by atoms with Crippen molar-refractivity contribution in [1.29, 1.82) is 0 Å². The number of pyridine rings is 1. The van der Waals surface area contributed by atoms with Crippen molar-refractivity contribution < 1.29 is 22.7 Å². The molecule has 5 unspecified atom stereocenters. The fraction of sp³-hybridized carbons (Fsp3) is 0.462. The van der Waals surface area contributed by atoms with Gasteiger partial charge in [-0.3, -0.25) is 9.69 Å². The second-order valence-corrected chi connectivity index (χ2v) is 10.1. The van der Waals surface area contributed by atoms with E-state index in [2.05, 4.69) is 22.4 Å². The molecule has 1 N–H and O–H groups in total. The summed E-state index contributed by atoms with van der Waals surface area (Å²) in [5.41, 5.74) is 1.92. The number of halogens is 3. The van der Waals surface area contributed by atoms with Crippen LogP contribution in [0.15, 0.2) is 24.3 Å². The van der Waals surface area contributed by atoms with Gasteiger partial charge in [0, 0.05) is 18.2 Å². The lowest BCUT2D eigenvalue weighted by atomic mass is 9.61. The maximum Gasteiger partial charge on any atom is 0.255 e. The first-order valence-electron chi connectivity index (χ1n) is 12.0. The molecule has 2 saturated carbocycles. The van der Waals surface area contributed by atoms with E-state index in [9.17, 15) is 18.0 Å². The summed E-state index contributed by atoms with van der Waals surface area (Å²) in [5.74, 6) is -2.65. The van der Waals surface area contributed by atoms with E-state index in [1.54, 1.807) is 13.0 Å². The molecular formula is C26H27F3N4O2. The van der Waals surface area contributed by atoms with Crippen LogP contribution in [-0.4, -0.2) is 45.1 Å². The molecule has 2 aliphatic carbocycles. The molecule has 1 saturated heterocycles. The lowest BCUT2D eigenvalue weighted by molar-refractivity contribution is 0.0660. The highest BCUT2D eigenvalue weighted by Crippen LogP contribution is 2.63. The highest BCUT2D eigenvalue weighted by atomic mass is 19.2. The molecule has 3 aromatic rings. The Bertz CT molecular complexity index is 1360. The molecule has 6 nitrogen and oxygen atoms in total. The lowest BCUT2D eigenvalue weighted by Crippen LogP contribution is -2.62. The Hall–Kier alpha value is -3.07. The number of likely N-dealkylation sites (N-methyl/N-ethyl adjacent to an activating group) is 1. The summed E-state index contributed by atoms with van der Waals surface area (Å²) in [7, 11) is 2.15. The van der Waals surface area contributed by atoms with Gasteiger partial charge in [-0.2, -0.15) is 9.61 Å². The zero-order chi connectivity index (χ0) is 24.6. The van der Waals surface area contributed by atoms with Crippen LogP contribution in [0.4, 0.5) is 13.2 Å². The largest absolute Gasteiger partial charge is 0.473 e. The van der Waals surface area contributed by atoms with Crippen molar-refractivity contribution in [2.75, 3.05) is 7.05 Å². The Kier molecular flexibility index (Phi) is 4.94. The first-order chi connectivity index (χ1) is 16.7. The number of fused-ring (bicyclic) bond motifs is 1. The molecule has 3 aliphatic rings. The average molecular weight is 485 g/mol. The summed E-state index contributed by atoms with van der Waals surface area (Å²) >= 11 is 0. The number of rotatable bonds is 5. The predicted molar refractivity (Wildman–Crippen MR) is 123 cm³/mol. The van der Waals surface area contributed by atoms with Crippen molar-refractivity contribution in [3.05, 3.63) is 64.1 Å². The van der Waals surface area contributed by atoms with Gasteiger partial charge in [0.1, 0.15) is 12.4 Å². The Labute approximate surface area is 201 Å². The molecule has 3 fully saturated rings. The second kappa shape index (κ2) is 7.71. The van der Waals surface area contributed by atoms with Gasteiger partial charge in [-0.1, -0.05) is 6.42 Å². The SMILES string of the molecule is Cc1cc(OCc2c(F)ccc(F)c2F)n2nc(C)c(C(=O)NC3CC4CCCC5N(C)C435)c2c1. The van der Waals surface area contributed by atoms with E-state index < -0.39 is 29.6 Å². The number of benzene rings is 1. The van der Waals surface area contributed by atoms with E-state index in [1.807, 2.05) is 13.0 Å². The number of nitrogens with zero attached hydrogens (tertiary/aromatic N) is 3. The quantitative estimate of drug-likeness (QED) is 0.433. The van der Waals surface area contributed by atoms with Crippen molar-refractivity contribution in [2.45, 2.75) is 63.8 Å². The summed E-state index contributed by atoms with van der Waals surface area (Å²) < 4.78 is 48.9. The predicted octanol–water partition coefficient (Wildman–Crippen LogP) is 4.30. The average Bonchev–Trinajstić information content (AvgIpc) is 3.32. The van der Waals surface area contributed by atoms with Crippen LogP contribution in [0.2, 0.25) is 0 Å². The van der Waals surface area contributed by atoms with Gasteiger partial charge in [0.05, 0.1) is 27.9 Å². The molecule has 2 aromatic heterocycles. The van der Waals surface area contributed by atoms with E-state index in [0.717, 1.165) is 24.1 Å². The Balaban J connectivity index is 1.28. The molecule has 1 amide bonds. The molecule has 0 radical (unpaired) electrons. The number of aromatic nitrogens is 2. The number of likely N-dealkylation sites (tertiary alicyclic amines) is 1. The minimum Gasteiger partial charge on any atom is -0.473 e. The maximum atomic E-state index is 14.1. The van der Waals surface area contributed by atoms with E-state index in [0.29, 0.717) is 28.7 Å². The van der Waals surface area contributed by atoms with Crippen LogP contribution >= 0.6 is 0 Å². The molecular weight excluding hydrogens is 457 g/mol. The van der Waals surface area contributed by atoms with Crippen molar-refractivity contribution in [2.24, 2.45) is 5.92 Å². The van der Waals surface area contributed by atoms with Crippen molar-refractivity contribution >= 4 is 11.4 Å². The molecule has 35 heavy (non-hydrogen) atoms. The van der Waals surface area contributed by atoms with Gasteiger partial charge in [0.15, 0.2) is 11.6 Å². The number of hydrogen-bond acceptors (Lipinski definition) is 4. The minimum absolute atomic E-state index is 0.105. The molecule has 3 heterocycles. The lowest BCUT2D eigenvalue weighted by Gasteiger charge is -2.48. The fourth-order valence-corrected chi connectivity index (χ4v) is 6.68. The highest BCUT2D eigenvalue weighted by Gasteiger charge is 2.75. The van der Waals surface area contributed by atoms with E-state index in [-0.39, 0.29) is 23.4 Å². The first kappa shape index (κ1) is 22.4. The van der Waals surface area contributed by atoms with Crippen molar-refractivity contribution in [1.82, 2.24) is 19.8 Å². The highest BCUT2D eigenvalue weighted by molar-refractivity contribution is 6.02. The van der Waals surface area contributed by atoms with Crippen LogP contribution in [0, 0.1) is 37.2 Å². The zero-order valence-electron chi connectivity index (χ0n) is 19.9. The molecule has 0 bridgehead atoms. The van der Waals surface area contributed by atoms with E-state index in [1.165, 1.54) is 23.8 Å². The van der Waals surface area contributed by atoms with Crippen LogP contribution in [0.1, 0.15) is 52.9 Å². The summed E-state index contributed by atoms with van der Waals surface area (Å²) in [5, 5.41) is 7.75. The Morgan fingerprint density at radius 2 is 1.97 bits per heavy atom. The van der Waals surface area contributed by atoms with Crippen molar-refractivity contribution in [3.63, 3.8) is 0 Å². The Morgan fingerprint density at radius 1 is 1.20 bits per heavy atom. The van der Waals surface area contributed by atoms with Gasteiger partial charge < -0.3 is 10.1 Å². The van der Waals surface area contributed by atoms with Gasteiger partial charge in [0.25, 0.3) is 5.91 Å². The van der Waals surface area contributed by atoms with Crippen LogP contribution in [0.3, 0.4) is 0 Å². The first-order valence-corrected chi connectivity index (χ1v) is 12.0. The molecule has 184 valence electrons. The number of amides is 1. The molecule has 6 rings (SSSR count). The van der Waals surface area contributed by atoms with Gasteiger partial charge in [0.2, 0.25) is 5.88 Å². The number of aryl methyl sites for hydroxylation is 2. The number of hydrogen-bond donors (Lipinski definition) is 1. The summed E-state index contributed by atoms with van der Waals surface area (Å²) in [6.07, 6.45) is 4.64. The van der Waals surface area contributed by atoms with Crippen LogP contribution in [0.25, 0.3) is 5.52 Å². The second-order valence-electron chi connectivity index (χ2n) is 10.1. The van der Waals surface area contributed by atoms with Gasteiger partial charge >= 0.3 is 0 Å². The Morgan fingerprint density at radius 3 is 2.74 bits per heavy atom. The number of nitrogens with one attached hydrogen (secondary N) is 1. The summed E-state index contributed by atoms with van der Waals surface area (Å²) in [6.45, 7) is 3.07. The van der Waals surface area contributed by atoms with E-state index in [4.69, 9.17) is 4.74 Å². The fourth-order valence-electron chi connectivity index (χ4n) is 6.68. The van der Waals surface area contributed by atoms with E-state index >= 15 is 0 Å². The molecule has 5 atom stereocenters. The van der Waals surface area contributed by atoms with Crippen LogP contribution in [0.5, 0.6) is 5.88 Å². The van der Waals surface area contributed by atoms with Crippen molar-refractivity contribution in [3.8, 4) is 5.88 Å².